The van der Waals surface area contributed by atoms with Crippen LogP contribution in [0, 0.1) is 18.6 Å². The van der Waals surface area contributed by atoms with Gasteiger partial charge in [0.25, 0.3) is 5.91 Å². The van der Waals surface area contributed by atoms with Crippen LogP contribution < -0.4 is 5.32 Å². The fourth-order valence-electron chi connectivity index (χ4n) is 2.41. The number of hydrogen-bond acceptors (Lipinski definition) is 3. The number of halogens is 3. The van der Waals surface area contributed by atoms with E-state index in [2.05, 4.69) is 10.3 Å². The van der Waals surface area contributed by atoms with Crippen molar-refractivity contribution in [1.29, 1.82) is 0 Å². The fourth-order valence-corrected chi connectivity index (χ4v) is 2.62. The van der Waals surface area contributed by atoms with Gasteiger partial charge in [-0.3, -0.25) is 4.79 Å². The summed E-state index contributed by atoms with van der Waals surface area (Å²) >= 11 is 6.08. The van der Waals surface area contributed by atoms with Crippen LogP contribution in [0.1, 0.15) is 34.6 Å². The predicted molar refractivity (Wildman–Crippen MR) is 93.9 cm³/mol. The Labute approximate surface area is 153 Å². The second kappa shape index (κ2) is 7.25. The van der Waals surface area contributed by atoms with Gasteiger partial charge in [0.2, 0.25) is 5.89 Å². The maximum Gasteiger partial charge on any atom is 0.273 e. The summed E-state index contributed by atoms with van der Waals surface area (Å²) in [6.45, 7) is 2.97. The Hall–Kier alpha value is -2.73. The average molecular weight is 377 g/mol. The van der Waals surface area contributed by atoms with Gasteiger partial charge in [0.15, 0.2) is 5.69 Å². The zero-order valence-electron chi connectivity index (χ0n) is 14.0. The molecule has 1 amide bonds. The van der Waals surface area contributed by atoms with Crippen molar-refractivity contribution in [3.8, 4) is 11.5 Å². The lowest BCUT2D eigenvalue weighted by Crippen LogP contribution is -2.27. The Balaban J connectivity index is 1.78. The molecule has 7 heteroatoms. The van der Waals surface area contributed by atoms with Gasteiger partial charge in [-0.2, -0.15) is 0 Å². The first-order valence-corrected chi connectivity index (χ1v) is 8.21. The van der Waals surface area contributed by atoms with E-state index in [1.165, 1.54) is 25.3 Å². The number of aromatic nitrogens is 1. The van der Waals surface area contributed by atoms with Crippen molar-refractivity contribution in [2.24, 2.45) is 0 Å². The Morgan fingerprint density at radius 2 is 1.88 bits per heavy atom. The summed E-state index contributed by atoms with van der Waals surface area (Å²) in [7, 11) is 0. The van der Waals surface area contributed by atoms with Crippen LogP contribution in [0.3, 0.4) is 0 Å². The van der Waals surface area contributed by atoms with Crippen LogP contribution in [-0.2, 0) is 0 Å². The van der Waals surface area contributed by atoms with Crippen LogP contribution in [0.2, 0.25) is 5.02 Å². The number of nitrogens with one attached hydrogen (secondary N) is 1. The van der Waals surface area contributed by atoms with Gasteiger partial charge in [-0.1, -0.05) is 23.7 Å². The van der Waals surface area contributed by atoms with Crippen LogP contribution in [0.4, 0.5) is 8.78 Å². The minimum Gasteiger partial charge on any atom is -0.444 e. The molecule has 0 saturated heterocycles. The third-order valence-corrected chi connectivity index (χ3v) is 4.32. The normalized spacial score (nSPS) is 12.0. The Bertz CT molecular complexity index is 949. The molecule has 0 saturated carbocycles. The minimum absolute atomic E-state index is 0.0415. The van der Waals surface area contributed by atoms with E-state index in [0.29, 0.717) is 16.1 Å². The summed E-state index contributed by atoms with van der Waals surface area (Å²) in [5.41, 5.74) is 0.852. The van der Waals surface area contributed by atoms with Crippen LogP contribution in [0.5, 0.6) is 0 Å². The molecule has 3 aromatic rings. The topological polar surface area (TPSA) is 55.1 Å². The molecule has 0 radical (unpaired) electrons. The lowest BCUT2D eigenvalue weighted by molar-refractivity contribution is 0.0934. The van der Waals surface area contributed by atoms with Crippen molar-refractivity contribution >= 4 is 17.5 Å². The highest BCUT2D eigenvalue weighted by Crippen LogP contribution is 2.27. The van der Waals surface area contributed by atoms with Gasteiger partial charge >= 0.3 is 0 Å². The van der Waals surface area contributed by atoms with Crippen LogP contribution in [0.15, 0.2) is 47.1 Å². The van der Waals surface area contributed by atoms with E-state index in [9.17, 15) is 13.6 Å². The van der Waals surface area contributed by atoms with Gasteiger partial charge in [0.05, 0.1) is 16.6 Å². The maximum absolute atomic E-state index is 13.7. The number of oxazole rings is 1. The summed E-state index contributed by atoms with van der Waals surface area (Å²) in [6.07, 6.45) is 1.21. The van der Waals surface area contributed by atoms with Crippen molar-refractivity contribution in [2.45, 2.75) is 19.9 Å². The third-order valence-electron chi connectivity index (χ3n) is 3.99. The van der Waals surface area contributed by atoms with E-state index in [4.69, 9.17) is 16.0 Å². The number of hydrogen-bond donors (Lipinski definition) is 1. The standard InChI is InChI=1S/C19H15ClF2N2O2/c1-10-15(21)7-12(8-16(10)22)11(2)23-18(25)17-9-26-19(24-17)13-5-3-4-6-14(13)20/h3-9,11H,1-2H3,(H,23,25). The van der Waals surface area contributed by atoms with Crippen LogP contribution >= 0.6 is 11.6 Å². The Morgan fingerprint density at radius 1 is 1.23 bits per heavy atom. The van der Waals surface area contributed by atoms with E-state index in [0.717, 1.165) is 0 Å². The SMILES string of the molecule is Cc1c(F)cc(C(C)NC(=O)c2coc(-c3ccccc3Cl)n2)cc1F. The smallest absolute Gasteiger partial charge is 0.273 e. The molecule has 0 aliphatic rings. The second-order valence-corrected chi connectivity index (χ2v) is 6.23. The summed E-state index contributed by atoms with van der Waals surface area (Å²) in [5, 5.41) is 3.08. The quantitative estimate of drug-likeness (QED) is 0.691. The highest BCUT2D eigenvalue weighted by Gasteiger charge is 2.19. The largest absolute Gasteiger partial charge is 0.444 e. The van der Waals surface area contributed by atoms with Gasteiger partial charge in [-0.05, 0) is 43.7 Å². The van der Waals surface area contributed by atoms with Crippen molar-refractivity contribution < 1.29 is 18.0 Å². The highest BCUT2D eigenvalue weighted by atomic mass is 35.5. The molecule has 1 unspecified atom stereocenters. The molecule has 4 nitrogen and oxygen atoms in total. The van der Waals surface area contributed by atoms with Crippen LogP contribution in [0.25, 0.3) is 11.5 Å². The van der Waals surface area contributed by atoms with Crippen LogP contribution in [-0.4, -0.2) is 10.9 Å². The van der Waals surface area contributed by atoms with Gasteiger partial charge < -0.3 is 9.73 Å². The molecule has 1 atom stereocenters. The molecule has 3 rings (SSSR count). The van der Waals surface area contributed by atoms with Gasteiger partial charge in [0.1, 0.15) is 17.9 Å². The number of rotatable bonds is 4. The first-order valence-electron chi connectivity index (χ1n) is 7.83. The number of amides is 1. The minimum atomic E-state index is -0.663. The predicted octanol–water partition coefficient (Wildman–Crippen LogP) is 5.07. The second-order valence-electron chi connectivity index (χ2n) is 5.82. The van der Waals surface area contributed by atoms with Gasteiger partial charge in [-0.25, -0.2) is 13.8 Å². The summed E-state index contributed by atoms with van der Waals surface area (Å²) in [6, 6.07) is 8.72. The molecule has 1 N–H and O–H groups in total. The molecule has 0 spiro atoms. The lowest BCUT2D eigenvalue weighted by Gasteiger charge is -2.14. The molecular weight excluding hydrogens is 362 g/mol. The summed E-state index contributed by atoms with van der Waals surface area (Å²) in [5.74, 6) is -1.64. The molecule has 26 heavy (non-hydrogen) atoms. The number of carbonyl (C=O) groups excluding carboxylic acids is 1. The van der Waals surface area contributed by atoms with E-state index in [1.807, 2.05) is 0 Å². The zero-order valence-corrected chi connectivity index (χ0v) is 14.8. The average Bonchev–Trinajstić information content (AvgIpc) is 3.09. The summed E-state index contributed by atoms with van der Waals surface area (Å²) < 4.78 is 32.7. The zero-order chi connectivity index (χ0) is 18.8. The highest BCUT2D eigenvalue weighted by molar-refractivity contribution is 6.33. The first kappa shape index (κ1) is 18.1. The van der Waals surface area contributed by atoms with E-state index in [-0.39, 0.29) is 17.1 Å². The molecule has 1 aromatic heterocycles. The molecular formula is C19H15ClF2N2O2. The molecule has 1 heterocycles. The van der Waals surface area contributed by atoms with Gasteiger partial charge in [-0.15, -0.1) is 0 Å². The molecule has 0 bridgehead atoms. The monoisotopic (exact) mass is 376 g/mol. The number of benzene rings is 2. The van der Waals surface area contributed by atoms with E-state index < -0.39 is 23.6 Å². The van der Waals surface area contributed by atoms with Gasteiger partial charge in [0, 0.05) is 5.56 Å². The van der Waals surface area contributed by atoms with Crippen molar-refractivity contribution in [2.75, 3.05) is 0 Å². The Morgan fingerprint density at radius 3 is 2.54 bits per heavy atom. The Kier molecular flexibility index (Phi) is 5.04. The molecule has 0 aliphatic heterocycles. The fraction of sp³-hybridized carbons (Fsp3) is 0.158. The van der Waals surface area contributed by atoms with E-state index >= 15 is 0 Å². The lowest BCUT2D eigenvalue weighted by atomic mass is 10.1. The number of carbonyl (C=O) groups is 1. The molecule has 2 aromatic carbocycles. The van der Waals surface area contributed by atoms with Crippen molar-refractivity contribution in [3.63, 3.8) is 0 Å². The maximum atomic E-state index is 13.7. The van der Waals surface area contributed by atoms with Crippen molar-refractivity contribution in [1.82, 2.24) is 10.3 Å². The molecule has 0 fully saturated rings. The third kappa shape index (κ3) is 3.60. The first-order chi connectivity index (χ1) is 12.4. The number of nitrogens with zero attached hydrogens (tertiary/aromatic N) is 1. The summed E-state index contributed by atoms with van der Waals surface area (Å²) in [4.78, 5) is 16.5. The van der Waals surface area contributed by atoms with E-state index in [1.54, 1.807) is 31.2 Å². The molecule has 134 valence electrons. The molecule has 0 aliphatic carbocycles. The van der Waals surface area contributed by atoms with Crippen molar-refractivity contribution in [3.05, 3.63) is 76.1 Å².